The van der Waals surface area contributed by atoms with Gasteiger partial charge in [-0.25, -0.2) is 9.97 Å². The van der Waals surface area contributed by atoms with Crippen molar-refractivity contribution in [2.24, 2.45) is 0 Å². The monoisotopic (exact) mass is 308 g/mol. The molecule has 0 atom stereocenters. The minimum absolute atomic E-state index is 0.269. The summed E-state index contributed by atoms with van der Waals surface area (Å²) in [6.07, 6.45) is 1.28. The second kappa shape index (κ2) is 5.27. The molecule has 17 heavy (non-hydrogen) atoms. The number of hydrogen-bond donors (Lipinski definition) is 0. The van der Waals surface area contributed by atoms with E-state index >= 15 is 0 Å². The van der Waals surface area contributed by atoms with Gasteiger partial charge < -0.3 is 4.74 Å². The zero-order valence-corrected chi connectivity index (χ0v) is 11.1. The van der Waals surface area contributed by atoms with Gasteiger partial charge in [0.05, 0.1) is 15.1 Å². The molecule has 1 aromatic carbocycles. The van der Waals surface area contributed by atoms with Gasteiger partial charge in [-0.3, -0.25) is 0 Å². The fourth-order valence-electron chi connectivity index (χ4n) is 1.07. The normalized spacial score (nSPS) is 10.4. The molecule has 0 fully saturated rings. The summed E-state index contributed by atoms with van der Waals surface area (Å²) in [5.74, 6) is 0.612. The van der Waals surface area contributed by atoms with Crippen molar-refractivity contribution in [3.63, 3.8) is 0 Å². The smallest absolute Gasteiger partial charge is 0.223 e. The Hall–Kier alpha value is -0.740. The number of halogens is 4. The molecule has 3 nitrogen and oxygen atoms in total. The van der Waals surface area contributed by atoms with E-state index < -0.39 is 0 Å². The number of ether oxygens (including phenoxy) is 1. The van der Waals surface area contributed by atoms with Gasteiger partial charge in [-0.1, -0.05) is 46.4 Å². The molecule has 0 aliphatic heterocycles. The molecule has 0 aliphatic rings. The van der Waals surface area contributed by atoms with E-state index in [2.05, 4.69) is 9.97 Å². The lowest BCUT2D eigenvalue weighted by molar-refractivity contribution is 0.462. The lowest BCUT2D eigenvalue weighted by Gasteiger charge is -2.07. The molecule has 0 saturated heterocycles. The summed E-state index contributed by atoms with van der Waals surface area (Å²) in [6.45, 7) is 0. The first-order valence-electron chi connectivity index (χ1n) is 4.36. The Kier molecular flexibility index (Phi) is 3.94. The molecule has 1 aromatic heterocycles. The van der Waals surface area contributed by atoms with Crippen molar-refractivity contribution >= 4 is 46.4 Å². The van der Waals surface area contributed by atoms with Crippen LogP contribution in [0.4, 0.5) is 0 Å². The molecule has 0 spiro atoms. The van der Waals surface area contributed by atoms with Gasteiger partial charge in [-0.05, 0) is 6.07 Å². The average molecular weight is 310 g/mol. The van der Waals surface area contributed by atoms with Crippen LogP contribution in [0.15, 0.2) is 24.5 Å². The summed E-state index contributed by atoms with van der Waals surface area (Å²) in [4.78, 5) is 7.61. The van der Waals surface area contributed by atoms with Crippen LogP contribution >= 0.6 is 46.4 Å². The summed E-state index contributed by atoms with van der Waals surface area (Å²) in [7, 11) is 0. The molecular formula is C10H4Cl4N2O. The van der Waals surface area contributed by atoms with Crippen molar-refractivity contribution in [1.29, 1.82) is 0 Å². The molecule has 0 aliphatic carbocycles. The van der Waals surface area contributed by atoms with E-state index in [1.807, 2.05) is 0 Å². The van der Waals surface area contributed by atoms with Gasteiger partial charge in [0.2, 0.25) is 5.88 Å². The van der Waals surface area contributed by atoms with Gasteiger partial charge in [0.15, 0.2) is 0 Å². The SMILES string of the molecule is Clc1cc(Oc2cc(Cl)c(Cl)cc2Cl)ncn1. The van der Waals surface area contributed by atoms with E-state index in [0.29, 0.717) is 20.8 Å². The molecule has 0 radical (unpaired) electrons. The van der Waals surface area contributed by atoms with Crippen molar-refractivity contribution in [1.82, 2.24) is 9.97 Å². The summed E-state index contributed by atoms with van der Waals surface area (Å²) in [6, 6.07) is 4.45. The quantitative estimate of drug-likeness (QED) is 0.585. The Morgan fingerprint density at radius 1 is 0.824 bits per heavy atom. The highest BCUT2D eigenvalue weighted by Crippen LogP contribution is 2.35. The highest BCUT2D eigenvalue weighted by atomic mass is 35.5. The first-order valence-corrected chi connectivity index (χ1v) is 5.87. The van der Waals surface area contributed by atoms with Crippen LogP contribution in [0.25, 0.3) is 0 Å². The van der Waals surface area contributed by atoms with E-state index in [4.69, 9.17) is 51.1 Å². The highest BCUT2D eigenvalue weighted by molar-refractivity contribution is 6.43. The average Bonchev–Trinajstić information content (AvgIpc) is 2.26. The van der Waals surface area contributed by atoms with Gasteiger partial charge in [0.1, 0.15) is 17.2 Å². The Labute approximate surface area is 117 Å². The highest BCUT2D eigenvalue weighted by Gasteiger charge is 2.09. The summed E-state index contributed by atoms with van der Waals surface area (Å²) >= 11 is 23.3. The topological polar surface area (TPSA) is 35.0 Å². The van der Waals surface area contributed by atoms with Crippen molar-refractivity contribution in [2.75, 3.05) is 0 Å². The molecule has 0 bridgehead atoms. The zero-order chi connectivity index (χ0) is 12.4. The fourth-order valence-corrected chi connectivity index (χ4v) is 1.78. The third-order valence-electron chi connectivity index (χ3n) is 1.80. The molecule has 0 unspecified atom stereocenters. The largest absolute Gasteiger partial charge is 0.437 e. The molecule has 7 heteroatoms. The van der Waals surface area contributed by atoms with E-state index in [1.54, 1.807) is 0 Å². The van der Waals surface area contributed by atoms with Crippen LogP contribution < -0.4 is 4.74 Å². The Balaban J connectivity index is 2.33. The summed E-state index contributed by atoms with van der Waals surface area (Å²) in [5.41, 5.74) is 0. The predicted molar refractivity (Wildman–Crippen MR) is 68.6 cm³/mol. The maximum Gasteiger partial charge on any atom is 0.223 e. The van der Waals surface area contributed by atoms with Crippen molar-refractivity contribution in [2.45, 2.75) is 0 Å². The number of rotatable bonds is 2. The van der Waals surface area contributed by atoms with Gasteiger partial charge in [0.25, 0.3) is 0 Å². The van der Waals surface area contributed by atoms with Gasteiger partial charge in [-0.15, -0.1) is 0 Å². The number of aromatic nitrogens is 2. The van der Waals surface area contributed by atoms with Gasteiger partial charge in [0, 0.05) is 12.1 Å². The summed E-state index contributed by atoms with van der Waals surface area (Å²) < 4.78 is 5.42. The molecular weight excluding hydrogens is 306 g/mol. The maximum atomic E-state index is 5.95. The van der Waals surface area contributed by atoms with Crippen LogP contribution in [0.1, 0.15) is 0 Å². The van der Waals surface area contributed by atoms with Crippen LogP contribution in [0.3, 0.4) is 0 Å². The van der Waals surface area contributed by atoms with Gasteiger partial charge >= 0.3 is 0 Å². The molecule has 0 amide bonds. The van der Waals surface area contributed by atoms with Crippen LogP contribution in [0, 0.1) is 0 Å². The molecule has 1 heterocycles. The lowest BCUT2D eigenvalue weighted by atomic mass is 10.3. The molecule has 88 valence electrons. The Bertz CT molecular complexity index is 562. The van der Waals surface area contributed by atoms with E-state index in [1.165, 1.54) is 24.5 Å². The standard InChI is InChI=1S/C10H4Cl4N2O/c11-5-1-7(13)8(2-6(5)12)17-10-3-9(14)15-4-16-10/h1-4H. The molecule has 2 aromatic rings. The molecule has 0 N–H and O–H groups in total. The first-order chi connectivity index (χ1) is 8.06. The van der Waals surface area contributed by atoms with Crippen molar-refractivity contribution < 1.29 is 4.74 Å². The van der Waals surface area contributed by atoms with Gasteiger partial charge in [-0.2, -0.15) is 0 Å². The second-order valence-corrected chi connectivity index (χ2v) is 4.59. The predicted octanol–water partition coefficient (Wildman–Crippen LogP) is 4.88. The summed E-state index contributed by atoms with van der Waals surface area (Å²) in [5, 5.41) is 1.29. The van der Waals surface area contributed by atoms with E-state index in [0.717, 1.165) is 0 Å². The lowest BCUT2D eigenvalue weighted by Crippen LogP contribution is -1.90. The van der Waals surface area contributed by atoms with E-state index in [9.17, 15) is 0 Å². The molecule has 0 saturated carbocycles. The minimum Gasteiger partial charge on any atom is -0.437 e. The van der Waals surface area contributed by atoms with Crippen LogP contribution in [0.5, 0.6) is 11.6 Å². The van der Waals surface area contributed by atoms with Crippen LogP contribution in [-0.2, 0) is 0 Å². The fraction of sp³-hybridized carbons (Fsp3) is 0. The minimum atomic E-state index is 0.269. The van der Waals surface area contributed by atoms with Crippen molar-refractivity contribution in [3.05, 3.63) is 44.7 Å². The van der Waals surface area contributed by atoms with Crippen LogP contribution in [0.2, 0.25) is 20.2 Å². The Morgan fingerprint density at radius 2 is 1.53 bits per heavy atom. The maximum absolute atomic E-state index is 5.95. The first kappa shape index (κ1) is 12.7. The van der Waals surface area contributed by atoms with E-state index in [-0.39, 0.29) is 11.0 Å². The number of hydrogen-bond acceptors (Lipinski definition) is 3. The molecule has 2 rings (SSSR count). The van der Waals surface area contributed by atoms with Crippen molar-refractivity contribution in [3.8, 4) is 11.6 Å². The Morgan fingerprint density at radius 3 is 2.24 bits per heavy atom. The number of benzene rings is 1. The third-order valence-corrected chi connectivity index (χ3v) is 3.02. The number of nitrogens with zero attached hydrogens (tertiary/aromatic N) is 2. The second-order valence-electron chi connectivity index (χ2n) is 2.98. The third kappa shape index (κ3) is 3.13. The zero-order valence-electron chi connectivity index (χ0n) is 8.12. The van der Waals surface area contributed by atoms with Crippen LogP contribution in [-0.4, -0.2) is 9.97 Å².